The molecule has 0 aliphatic carbocycles. The number of aromatic nitrogens is 2. The topological polar surface area (TPSA) is 54.7 Å². The molecule has 0 saturated heterocycles. The van der Waals surface area contributed by atoms with Crippen LogP contribution in [0.4, 0.5) is 5.69 Å². The van der Waals surface area contributed by atoms with Gasteiger partial charge in [0.2, 0.25) is 0 Å². The molecule has 0 radical (unpaired) electrons. The summed E-state index contributed by atoms with van der Waals surface area (Å²) in [6, 6.07) is 52.1. The second-order valence-corrected chi connectivity index (χ2v) is 17.6. The first-order valence-electron chi connectivity index (χ1n) is 21.7. The molecule has 0 unspecified atom stereocenters. The van der Waals surface area contributed by atoms with Gasteiger partial charge in [0, 0.05) is 32.8 Å². The van der Waals surface area contributed by atoms with Crippen LogP contribution >= 0.6 is 0 Å². The fraction of sp³-hybridized carbons (Fsp3) is 0.0339. The number of aryl methyl sites for hydroxylation is 1. The van der Waals surface area contributed by atoms with Crippen LogP contribution in [0, 0.1) is 19.8 Å². The molecular weight excluding hydrogens is 783 g/mol. The number of fused-ring (bicyclic) bond motifs is 10. The van der Waals surface area contributed by atoms with Crippen molar-refractivity contribution >= 4 is 147 Å². The molecular formula is C59H31N3O2. The smallest absolute Gasteiger partial charge is 0.264 e. The lowest BCUT2D eigenvalue weighted by molar-refractivity contribution is 0.0984. The second kappa shape index (κ2) is 11.5. The number of carbonyl (C=O) groups excluding carboxylic acids is 1. The number of para-hydroxylation sites is 3. The first-order valence-corrected chi connectivity index (χ1v) is 21.7. The number of hydrogen-bond donors (Lipinski definition) is 0. The van der Waals surface area contributed by atoms with Crippen molar-refractivity contribution in [1.82, 2.24) is 9.38 Å². The van der Waals surface area contributed by atoms with Crippen molar-refractivity contribution in [2.45, 2.75) is 13.5 Å². The Labute approximate surface area is 363 Å². The van der Waals surface area contributed by atoms with Crippen molar-refractivity contribution in [3.05, 3.63) is 173 Å². The summed E-state index contributed by atoms with van der Waals surface area (Å²) in [5, 5.41) is 25.7. The third-order valence-electron chi connectivity index (χ3n) is 14.9. The highest BCUT2D eigenvalue weighted by atomic mass is 16.2. The van der Waals surface area contributed by atoms with Gasteiger partial charge in [-0.05, 0) is 151 Å². The van der Waals surface area contributed by atoms with Crippen LogP contribution in [0.3, 0.4) is 0 Å². The normalized spacial score (nSPS) is 13.5. The molecule has 0 fully saturated rings. The molecule has 0 spiro atoms. The Bertz CT molecular complexity index is 4590. The van der Waals surface area contributed by atoms with Crippen molar-refractivity contribution < 1.29 is 4.79 Å². The van der Waals surface area contributed by atoms with Crippen molar-refractivity contribution in [3.8, 4) is 12.8 Å². The Morgan fingerprint density at radius 3 is 1.38 bits per heavy atom. The Morgan fingerprint density at radius 1 is 0.438 bits per heavy atom. The van der Waals surface area contributed by atoms with E-state index in [0.29, 0.717) is 12.2 Å². The van der Waals surface area contributed by atoms with Crippen LogP contribution in [0.1, 0.15) is 21.5 Å². The number of benzene rings is 13. The average Bonchev–Trinajstić information content (AvgIpc) is 3.74. The summed E-state index contributed by atoms with van der Waals surface area (Å²) in [7, 11) is 0. The van der Waals surface area contributed by atoms with Gasteiger partial charge in [-0.15, -0.1) is 12.8 Å². The fourth-order valence-corrected chi connectivity index (χ4v) is 12.4. The lowest BCUT2D eigenvalue weighted by Crippen LogP contribution is -2.34. The third kappa shape index (κ3) is 3.76. The summed E-state index contributed by atoms with van der Waals surface area (Å²) in [5.74, 6) is 0.0560. The van der Waals surface area contributed by atoms with Gasteiger partial charge in [-0.1, -0.05) is 109 Å². The predicted molar refractivity (Wildman–Crippen MR) is 268 cm³/mol. The van der Waals surface area contributed by atoms with Crippen LogP contribution in [-0.4, -0.2) is 15.3 Å². The number of hydrogen-bond acceptors (Lipinski definition) is 3. The highest BCUT2D eigenvalue weighted by Crippen LogP contribution is 2.52. The van der Waals surface area contributed by atoms with Crippen LogP contribution in [-0.2, 0) is 6.54 Å². The van der Waals surface area contributed by atoms with Crippen molar-refractivity contribution in [1.29, 1.82) is 0 Å². The zero-order valence-corrected chi connectivity index (χ0v) is 34.4. The molecule has 1 aliphatic heterocycles. The van der Waals surface area contributed by atoms with Crippen LogP contribution in [0.25, 0.3) is 135 Å². The molecule has 2 aromatic heterocycles. The van der Waals surface area contributed by atoms with E-state index in [1.807, 2.05) is 47.4 Å². The van der Waals surface area contributed by atoms with Crippen LogP contribution in [0.2, 0.25) is 0 Å². The van der Waals surface area contributed by atoms with E-state index in [1.54, 1.807) is 4.40 Å². The largest absolute Gasteiger partial charge is 0.304 e. The summed E-state index contributed by atoms with van der Waals surface area (Å²) in [6.07, 6.45) is 8.00. The standard InChI is InChI=1S/C57H29N3O2.C2H2/c1-27-6-2-4-8-45(27)59-26-28-10-11-29-31-12-14-33-35-16-18-37-39-20-23-41-54-43(57(62)60-46-9-5-3-7-44(46)58-55(41)60)25-22-40(53(39)54)38-19-17-36(51(35)52(37)38)34-15-13-32(49(31)50(33)34)30-21-24-42(56(59)61)47(28)48(29)30;1-2/h2-25H,26H2,1H3;1-2H. The molecule has 64 heavy (non-hydrogen) atoms. The van der Waals surface area contributed by atoms with Gasteiger partial charge >= 0.3 is 0 Å². The zero-order chi connectivity index (χ0) is 42.4. The minimum absolute atomic E-state index is 0.0289. The predicted octanol–water partition coefficient (Wildman–Crippen LogP) is 14.0. The van der Waals surface area contributed by atoms with Gasteiger partial charge in [-0.2, -0.15) is 0 Å². The van der Waals surface area contributed by atoms with E-state index in [0.717, 1.165) is 65.6 Å². The quantitative estimate of drug-likeness (QED) is 0.0942. The van der Waals surface area contributed by atoms with E-state index < -0.39 is 0 Å². The molecule has 1 amide bonds. The number of terminal acetylenes is 1. The molecule has 16 rings (SSSR count). The molecule has 13 aromatic carbocycles. The molecule has 0 N–H and O–H groups in total. The number of amides is 1. The number of imidazole rings is 1. The second-order valence-electron chi connectivity index (χ2n) is 17.6. The van der Waals surface area contributed by atoms with Crippen molar-refractivity contribution in [3.63, 3.8) is 0 Å². The van der Waals surface area contributed by atoms with Crippen LogP contribution in [0.5, 0.6) is 0 Å². The Hall–Kier alpha value is -8.59. The molecule has 0 atom stereocenters. The number of nitrogens with zero attached hydrogens (tertiary/aromatic N) is 3. The number of rotatable bonds is 1. The average molecular weight is 814 g/mol. The first kappa shape index (κ1) is 34.0. The van der Waals surface area contributed by atoms with Gasteiger partial charge < -0.3 is 4.90 Å². The minimum Gasteiger partial charge on any atom is -0.304 e. The van der Waals surface area contributed by atoms with Gasteiger partial charge in [-0.25, -0.2) is 4.98 Å². The van der Waals surface area contributed by atoms with E-state index in [9.17, 15) is 9.59 Å². The molecule has 0 saturated carbocycles. The number of anilines is 1. The highest BCUT2D eigenvalue weighted by molar-refractivity contribution is 6.47. The summed E-state index contributed by atoms with van der Waals surface area (Å²) in [6.45, 7) is 2.62. The van der Waals surface area contributed by atoms with Gasteiger partial charge in [-0.3, -0.25) is 14.0 Å². The van der Waals surface area contributed by atoms with E-state index in [4.69, 9.17) is 4.98 Å². The van der Waals surface area contributed by atoms with Crippen LogP contribution < -0.4 is 10.5 Å². The lowest BCUT2D eigenvalue weighted by atomic mass is 9.80. The number of carbonyl (C=O) groups is 1. The maximum atomic E-state index is 14.3. The van der Waals surface area contributed by atoms with Gasteiger partial charge in [0.05, 0.1) is 17.6 Å². The fourth-order valence-electron chi connectivity index (χ4n) is 12.4. The molecule has 3 heterocycles. The lowest BCUT2D eigenvalue weighted by Gasteiger charge is -2.31. The summed E-state index contributed by atoms with van der Waals surface area (Å²) in [4.78, 5) is 35.6. The Morgan fingerprint density at radius 2 is 0.844 bits per heavy atom. The van der Waals surface area contributed by atoms with Gasteiger partial charge in [0.15, 0.2) is 0 Å². The number of pyridine rings is 1. The van der Waals surface area contributed by atoms with Crippen molar-refractivity contribution in [2.75, 3.05) is 4.90 Å². The van der Waals surface area contributed by atoms with Crippen molar-refractivity contribution in [2.24, 2.45) is 0 Å². The summed E-state index contributed by atoms with van der Waals surface area (Å²) in [5.41, 5.74) is 6.35. The molecule has 1 aliphatic rings. The van der Waals surface area contributed by atoms with Crippen LogP contribution in [0.15, 0.2) is 150 Å². The summed E-state index contributed by atoms with van der Waals surface area (Å²) < 4.78 is 1.79. The van der Waals surface area contributed by atoms with E-state index in [1.165, 1.54) is 86.4 Å². The molecule has 0 bridgehead atoms. The Kier molecular flexibility index (Phi) is 6.09. The van der Waals surface area contributed by atoms with E-state index in [-0.39, 0.29) is 11.5 Å². The maximum Gasteiger partial charge on any atom is 0.264 e. The van der Waals surface area contributed by atoms with E-state index in [2.05, 4.69) is 123 Å². The SMILES string of the molecule is C#C.Cc1ccccc1N1Cc2ccc3c4ccc5c6ccc7c8ccc9c%10c(ccc(c%11ccc(c%12ccc(c%13ccc(c2c%133)C1=O)c4c%125)c6c%117)c8%10)c(=O)n1c2ccccc2nc91. The third-order valence-corrected chi connectivity index (χ3v) is 14.9. The van der Waals surface area contributed by atoms with Gasteiger partial charge in [0.25, 0.3) is 11.5 Å². The van der Waals surface area contributed by atoms with Gasteiger partial charge in [0.1, 0.15) is 5.65 Å². The molecule has 15 aromatic rings. The molecule has 294 valence electrons. The summed E-state index contributed by atoms with van der Waals surface area (Å²) >= 11 is 0. The Balaban J connectivity index is 0.00000188. The maximum absolute atomic E-state index is 14.3. The molecule has 5 nitrogen and oxygen atoms in total. The first-order chi connectivity index (χ1) is 31.5. The zero-order valence-electron chi connectivity index (χ0n) is 34.4. The minimum atomic E-state index is -0.0289. The van der Waals surface area contributed by atoms with E-state index >= 15 is 0 Å². The molecule has 5 heteroatoms. The monoisotopic (exact) mass is 813 g/mol. The highest BCUT2D eigenvalue weighted by Gasteiger charge is 2.31.